The van der Waals surface area contributed by atoms with Crippen LogP contribution in [-0.2, 0) is 16.1 Å². The first-order valence-electron chi connectivity index (χ1n) is 6.58. The second-order valence-electron chi connectivity index (χ2n) is 4.54. The van der Waals surface area contributed by atoms with E-state index in [1.165, 1.54) is 4.57 Å². The topological polar surface area (TPSA) is 69.6 Å². The van der Waals surface area contributed by atoms with Gasteiger partial charge < -0.3 is 19.4 Å². The van der Waals surface area contributed by atoms with E-state index < -0.39 is 0 Å². The summed E-state index contributed by atoms with van der Waals surface area (Å²) >= 11 is 0. The van der Waals surface area contributed by atoms with E-state index in [0.717, 1.165) is 5.39 Å². The standard InChI is InChI=1S/C15H18N2O4/c1-20-8-6-16-14(18)10-17-7-5-11-9-12(21-2)3-4-13(11)15(17)19/h3-5,7,9H,6,8,10H2,1-2H3,(H,16,18). The summed E-state index contributed by atoms with van der Waals surface area (Å²) in [5, 5.41) is 4.03. The van der Waals surface area contributed by atoms with Crippen molar-refractivity contribution in [3.8, 4) is 5.75 Å². The van der Waals surface area contributed by atoms with Gasteiger partial charge in [0.25, 0.3) is 5.56 Å². The van der Waals surface area contributed by atoms with Crippen LogP contribution in [0.4, 0.5) is 0 Å². The van der Waals surface area contributed by atoms with E-state index in [9.17, 15) is 9.59 Å². The maximum absolute atomic E-state index is 12.3. The first-order chi connectivity index (χ1) is 10.2. The number of pyridine rings is 1. The number of methoxy groups -OCH3 is 2. The van der Waals surface area contributed by atoms with Crippen LogP contribution < -0.4 is 15.6 Å². The lowest BCUT2D eigenvalue weighted by Crippen LogP contribution is -2.33. The molecule has 1 amide bonds. The lowest BCUT2D eigenvalue weighted by molar-refractivity contribution is -0.121. The molecule has 0 aliphatic heterocycles. The molecule has 0 saturated heterocycles. The number of aromatic nitrogens is 1. The van der Waals surface area contributed by atoms with Gasteiger partial charge in [0.15, 0.2) is 0 Å². The summed E-state index contributed by atoms with van der Waals surface area (Å²) in [5.74, 6) is 0.471. The number of ether oxygens (including phenoxy) is 2. The molecule has 0 atom stereocenters. The first kappa shape index (κ1) is 15.1. The molecule has 0 fully saturated rings. The van der Waals surface area contributed by atoms with Crippen LogP contribution in [-0.4, -0.2) is 37.8 Å². The summed E-state index contributed by atoms with van der Waals surface area (Å²) < 4.78 is 11.4. The van der Waals surface area contributed by atoms with E-state index in [1.807, 2.05) is 0 Å². The summed E-state index contributed by atoms with van der Waals surface area (Å²) in [7, 11) is 3.14. The number of hydrogen-bond donors (Lipinski definition) is 1. The summed E-state index contributed by atoms with van der Waals surface area (Å²) in [6.45, 7) is 0.859. The van der Waals surface area contributed by atoms with Gasteiger partial charge in [-0.3, -0.25) is 9.59 Å². The zero-order valence-corrected chi connectivity index (χ0v) is 12.1. The molecule has 0 aliphatic rings. The molecule has 1 heterocycles. The van der Waals surface area contributed by atoms with Crippen LogP contribution in [0.1, 0.15) is 0 Å². The number of carbonyl (C=O) groups excluding carboxylic acids is 1. The molecule has 112 valence electrons. The number of rotatable bonds is 6. The molecule has 6 nitrogen and oxygen atoms in total. The van der Waals surface area contributed by atoms with E-state index >= 15 is 0 Å². The zero-order chi connectivity index (χ0) is 15.2. The molecule has 1 aromatic heterocycles. The minimum atomic E-state index is -0.220. The lowest BCUT2D eigenvalue weighted by atomic mass is 10.1. The van der Waals surface area contributed by atoms with Crippen molar-refractivity contribution >= 4 is 16.7 Å². The number of carbonyl (C=O) groups is 1. The fraction of sp³-hybridized carbons (Fsp3) is 0.333. The van der Waals surface area contributed by atoms with Crippen molar-refractivity contribution in [1.29, 1.82) is 0 Å². The molecule has 2 aromatic rings. The lowest BCUT2D eigenvalue weighted by Gasteiger charge is -2.09. The summed E-state index contributed by atoms with van der Waals surface area (Å²) in [6.07, 6.45) is 1.61. The summed E-state index contributed by atoms with van der Waals surface area (Å²) in [5.41, 5.74) is -0.197. The predicted molar refractivity (Wildman–Crippen MR) is 79.6 cm³/mol. The number of benzene rings is 1. The van der Waals surface area contributed by atoms with Gasteiger partial charge in [-0.1, -0.05) is 0 Å². The largest absolute Gasteiger partial charge is 0.497 e. The average molecular weight is 290 g/mol. The van der Waals surface area contributed by atoms with E-state index in [2.05, 4.69) is 5.32 Å². The van der Waals surface area contributed by atoms with Crippen molar-refractivity contribution in [3.05, 3.63) is 40.8 Å². The Labute approximate surface area is 122 Å². The fourth-order valence-electron chi connectivity index (χ4n) is 2.02. The molecule has 0 unspecified atom stereocenters. The van der Waals surface area contributed by atoms with E-state index in [0.29, 0.717) is 24.3 Å². The number of nitrogens with zero attached hydrogens (tertiary/aromatic N) is 1. The van der Waals surface area contributed by atoms with Gasteiger partial charge in [0, 0.05) is 25.2 Å². The van der Waals surface area contributed by atoms with Crippen molar-refractivity contribution in [2.45, 2.75) is 6.54 Å². The Hall–Kier alpha value is -2.34. The second-order valence-corrected chi connectivity index (χ2v) is 4.54. The Bertz CT molecular complexity index is 694. The summed E-state index contributed by atoms with van der Waals surface area (Å²) in [6, 6.07) is 7.02. The van der Waals surface area contributed by atoms with Crippen molar-refractivity contribution in [1.82, 2.24) is 9.88 Å². The normalized spacial score (nSPS) is 10.6. The quantitative estimate of drug-likeness (QED) is 0.798. The highest BCUT2D eigenvalue weighted by molar-refractivity contribution is 5.83. The molecular formula is C15H18N2O4. The molecule has 1 N–H and O–H groups in total. The van der Waals surface area contributed by atoms with Crippen molar-refractivity contribution in [3.63, 3.8) is 0 Å². The molecule has 0 bridgehead atoms. The average Bonchev–Trinajstić information content (AvgIpc) is 2.50. The predicted octanol–water partition coefficient (Wildman–Crippen LogP) is 0.773. The van der Waals surface area contributed by atoms with Crippen LogP contribution in [0.2, 0.25) is 0 Å². The molecule has 0 spiro atoms. The maximum Gasteiger partial charge on any atom is 0.258 e. The van der Waals surface area contributed by atoms with E-state index in [1.54, 1.807) is 44.7 Å². The van der Waals surface area contributed by atoms with Crippen LogP contribution in [0.25, 0.3) is 10.8 Å². The Morgan fingerprint density at radius 3 is 2.81 bits per heavy atom. The molecule has 0 radical (unpaired) electrons. The van der Waals surface area contributed by atoms with Gasteiger partial charge in [0.05, 0.1) is 13.7 Å². The van der Waals surface area contributed by atoms with Gasteiger partial charge in [-0.05, 0) is 29.7 Å². The highest BCUT2D eigenvalue weighted by Crippen LogP contribution is 2.17. The molecule has 0 saturated carbocycles. The number of amides is 1. The SMILES string of the molecule is COCCNC(=O)Cn1ccc2cc(OC)ccc2c1=O. The Morgan fingerprint density at radius 1 is 1.29 bits per heavy atom. The minimum Gasteiger partial charge on any atom is -0.497 e. The molecule has 0 aliphatic carbocycles. The molecule has 6 heteroatoms. The number of fused-ring (bicyclic) bond motifs is 1. The van der Waals surface area contributed by atoms with Gasteiger partial charge in [-0.15, -0.1) is 0 Å². The van der Waals surface area contributed by atoms with Crippen molar-refractivity contribution < 1.29 is 14.3 Å². The van der Waals surface area contributed by atoms with Gasteiger partial charge in [0.1, 0.15) is 12.3 Å². The van der Waals surface area contributed by atoms with Crippen LogP contribution in [0.3, 0.4) is 0 Å². The number of hydrogen-bond acceptors (Lipinski definition) is 4. The van der Waals surface area contributed by atoms with E-state index in [-0.39, 0.29) is 18.0 Å². The molecule has 2 rings (SSSR count). The summed E-state index contributed by atoms with van der Waals surface area (Å²) in [4.78, 5) is 24.0. The molecule has 21 heavy (non-hydrogen) atoms. The van der Waals surface area contributed by atoms with Gasteiger partial charge in [0.2, 0.25) is 5.91 Å². The fourth-order valence-corrected chi connectivity index (χ4v) is 2.02. The Kier molecular flexibility index (Phi) is 4.94. The zero-order valence-electron chi connectivity index (χ0n) is 12.1. The van der Waals surface area contributed by atoms with Crippen LogP contribution in [0.5, 0.6) is 5.75 Å². The highest BCUT2D eigenvalue weighted by atomic mass is 16.5. The first-order valence-corrected chi connectivity index (χ1v) is 6.58. The van der Waals surface area contributed by atoms with Crippen molar-refractivity contribution in [2.24, 2.45) is 0 Å². The van der Waals surface area contributed by atoms with Crippen LogP contribution in [0, 0.1) is 0 Å². The van der Waals surface area contributed by atoms with Crippen LogP contribution in [0.15, 0.2) is 35.3 Å². The van der Waals surface area contributed by atoms with Gasteiger partial charge >= 0.3 is 0 Å². The monoisotopic (exact) mass is 290 g/mol. The van der Waals surface area contributed by atoms with Gasteiger partial charge in [-0.2, -0.15) is 0 Å². The second kappa shape index (κ2) is 6.90. The third-order valence-electron chi connectivity index (χ3n) is 3.13. The Morgan fingerprint density at radius 2 is 2.10 bits per heavy atom. The van der Waals surface area contributed by atoms with Crippen molar-refractivity contribution in [2.75, 3.05) is 27.4 Å². The Balaban J connectivity index is 2.20. The smallest absolute Gasteiger partial charge is 0.258 e. The molecular weight excluding hydrogens is 272 g/mol. The maximum atomic E-state index is 12.3. The highest BCUT2D eigenvalue weighted by Gasteiger charge is 2.07. The third-order valence-corrected chi connectivity index (χ3v) is 3.13. The number of nitrogens with one attached hydrogen (secondary N) is 1. The third kappa shape index (κ3) is 3.61. The van der Waals surface area contributed by atoms with Gasteiger partial charge in [-0.25, -0.2) is 0 Å². The molecule has 1 aromatic carbocycles. The van der Waals surface area contributed by atoms with E-state index in [4.69, 9.17) is 9.47 Å². The van der Waals surface area contributed by atoms with Crippen LogP contribution >= 0.6 is 0 Å². The minimum absolute atomic E-state index is 0.00941.